The maximum absolute atomic E-state index is 12.1. The van der Waals surface area contributed by atoms with Crippen LogP contribution in [0.3, 0.4) is 0 Å². The van der Waals surface area contributed by atoms with Crippen molar-refractivity contribution >= 4 is 5.97 Å². The standard InChI is InChI=1S/C14H26N2O3/c1-14(13(17)19-3,15-11-4-5-11)10-16(8-9-18-2)12-6-7-12/h11-12,15H,4-10H2,1-3H3. The average Bonchev–Trinajstić information content (AvgIpc) is 3.25. The van der Waals surface area contributed by atoms with E-state index in [1.54, 1.807) is 7.11 Å². The highest BCUT2D eigenvalue weighted by atomic mass is 16.5. The molecule has 0 aliphatic heterocycles. The summed E-state index contributed by atoms with van der Waals surface area (Å²) in [4.78, 5) is 14.5. The molecular weight excluding hydrogens is 244 g/mol. The van der Waals surface area contributed by atoms with E-state index >= 15 is 0 Å². The van der Waals surface area contributed by atoms with E-state index in [2.05, 4.69) is 10.2 Å². The maximum atomic E-state index is 12.1. The fourth-order valence-electron chi connectivity index (χ4n) is 2.52. The Kier molecular flexibility index (Phi) is 4.81. The van der Waals surface area contributed by atoms with Crippen molar-refractivity contribution in [1.82, 2.24) is 10.2 Å². The lowest BCUT2D eigenvalue weighted by molar-refractivity contribution is -0.149. The van der Waals surface area contributed by atoms with E-state index in [-0.39, 0.29) is 5.97 Å². The lowest BCUT2D eigenvalue weighted by Gasteiger charge is -2.34. The van der Waals surface area contributed by atoms with Crippen molar-refractivity contribution < 1.29 is 14.3 Å². The van der Waals surface area contributed by atoms with Crippen molar-refractivity contribution in [2.24, 2.45) is 0 Å². The van der Waals surface area contributed by atoms with Crippen molar-refractivity contribution in [2.75, 3.05) is 33.9 Å². The highest BCUT2D eigenvalue weighted by molar-refractivity contribution is 5.80. The van der Waals surface area contributed by atoms with Gasteiger partial charge in [0.15, 0.2) is 0 Å². The molecule has 0 aromatic carbocycles. The molecule has 0 bridgehead atoms. The SMILES string of the molecule is COCCN(CC(C)(NC1CC1)C(=O)OC)C1CC1. The number of nitrogens with zero attached hydrogens (tertiary/aromatic N) is 1. The van der Waals surface area contributed by atoms with Crippen molar-refractivity contribution in [3.8, 4) is 0 Å². The number of methoxy groups -OCH3 is 2. The van der Waals surface area contributed by atoms with E-state index in [4.69, 9.17) is 9.47 Å². The Balaban J connectivity index is 1.97. The minimum Gasteiger partial charge on any atom is -0.468 e. The first-order chi connectivity index (χ1) is 9.09. The third-order valence-corrected chi connectivity index (χ3v) is 3.90. The van der Waals surface area contributed by atoms with Crippen LogP contribution in [0.15, 0.2) is 0 Å². The van der Waals surface area contributed by atoms with Gasteiger partial charge < -0.3 is 9.47 Å². The van der Waals surface area contributed by atoms with Crippen molar-refractivity contribution in [1.29, 1.82) is 0 Å². The summed E-state index contributed by atoms with van der Waals surface area (Å²) in [5, 5.41) is 3.45. The zero-order chi connectivity index (χ0) is 13.9. The van der Waals surface area contributed by atoms with Crippen LogP contribution in [-0.4, -0.2) is 62.4 Å². The quantitative estimate of drug-likeness (QED) is 0.628. The van der Waals surface area contributed by atoms with Crippen molar-refractivity contribution in [3.05, 3.63) is 0 Å². The Bertz CT molecular complexity index is 316. The highest BCUT2D eigenvalue weighted by Crippen LogP contribution is 2.30. The first-order valence-corrected chi connectivity index (χ1v) is 7.18. The second kappa shape index (κ2) is 6.20. The topological polar surface area (TPSA) is 50.8 Å². The van der Waals surface area contributed by atoms with Crippen LogP contribution in [0.25, 0.3) is 0 Å². The average molecular weight is 270 g/mol. The number of nitrogens with one attached hydrogen (secondary N) is 1. The molecular formula is C14H26N2O3. The third-order valence-electron chi connectivity index (χ3n) is 3.90. The Labute approximate surface area is 115 Å². The van der Waals surface area contributed by atoms with Crippen LogP contribution in [0.5, 0.6) is 0 Å². The van der Waals surface area contributed by atoms with Gasteiger partial charge in [-0.05, 0) is 32.6 Å². The molecule has 5 heteroatoms. The smallest absolute Gasteiger partial charge is 0.327 e. The van der Waals surface area contributed by atoms with Crippen LogP contribution in [0, 0.1) is 0 Å². The molecule has 2 saturated carbocycles. The largest absolute Gasteiger partial charge is 0.468 e. The Morgan fingerprint density at radius 1 is 1.32 bits per heavy atom. The highest BCUT2D eigenvalue weighted by Gasteiger charge is 2.43. The van der Waals surface area contributed by atoms with E-state index in [0.29, 0.717) is 25.2 Å². The first kappa shape index (κ1) is 14.8. The van der Waals surface area contributed by atoms with Gasteiger partial charge in [-0.1, -0.05) is 0 Å². The van der Waals surface area contributed by atoms with Gasteiger partial charge in [0.1, 0.15) is 5.54 Å². The summed E-state index contributed by atoms with van der Waals surface area (Å²) in [5.41, 5.74) is -0.605. The molecule has 5 nitrogen and oxygen atoms in total. The van der Waals surface area contributed by atoms with Crippen LogP contribution in [0.2, 0.25) is 0 Å². The molecule has 2 aliphatic rings. The van der Waals surface area contributed by atoms with Crippen LogP contribution in [0.4, 0.5) is 0 Å². The third kappa shape index (κ3) is 4.16. The predicted octanol–water partition coefficient (Wildman–Crippen LogP) is 0.781. The molecule has 2 fully saturated rings. The van der Waals surface area contributed by atoms with Crippen molar-refractivity contribution in [3.63, 3.8) is 0 Å². The summed E-state index contributed by atoms with van der Waals surface area (Å²) in [5.74, 6) is -0.164. The Hall–Kier alpha value is -0.650. The normalized spacial score (nSPS) is 22.3. The molecule has 0 radical (unpaired) electrons. The molecule has 0 aromatic heterocycles. The fraction of sp³-hybridized carbons (Fsp3) is 0.929. The van der Waals surface area contributed by atoms with Gasteiger partial charge in [-0.3, -0.25) is 15.0 Å². The molecule has 110 valence electrons. The number of carbonyl (C=O) groups is 1. The van der Waals surface area contributed by atoms with Crippen LogP contribution in [-0.2, 0) is 14.3 Å². The molecule has 0 aromatic rings. The van der Waals surface area contributed by atoms with Crippen LogP contribution < -0.4 is 5.32 Å². The fourth-order valence-corrected chi connectivity index (χ4v) is 2.52. The molecule has 1 atom stereocenters. The van der Waals surface area contributed by atoms with Gasteiger partial charge in [0.2, 0.25) is 0 Å². The van der Waals surface area contributed by atoms with E-state index in [0.717, 1.165) is 19.4 Å². The zero-order valence-corrected chi connectivity index (χ0v) is 12.3. The number of esters is 1. The Morgan fingerprint density at radius 2 is 2.00 bits per heavy atom. The van der Waals surface area contributed by atoms with E-state index in [9.17, 15) is 4.79 Å². The van der Waals surface area contributed by atoms with Gasteiger partial charge in [-0.2, -0.15) is 0 Å². The monoisotopic (exact) mass is 270 g/mol. The van der Waals surface area contributed by atoms with E-state index < -0.39 is 5.54 Å². The zero-order valence-electron chi connectivity index (χ0n) is 12.3. The lowest BCUT2D eigenvalue weighted by atomic mass is 10.0. The molecule has 1 unspecified atom stereocenters. The number of hydrogen-bond donors (Lipinski definition) is 1. The number of ether oxygens (including phenoxy) is 2. The molecule has 2 rings (SSSR count). The Morgan fingerprint density at radius 3 is 2.47 bits per heavy atom. The van der Waals surface area contributed by atoms with E-state index in [1.807, 2.05) is 6.92 Å². The number of hydrogen-bond acceptors (Lipinski definition) is 5. The molecule has 1 N–H and O–H groups in total. The second-order valence-corrected chi connectivity index (χ2v) is 5.94. The van der Waals surface area contributed by atoms with Gasteiger partial charge in [0, 0.05) is 32.3 Å². The predicted molar refractivity (Wildman–Crippen MR) is 73.0 cm³/mol. The second-order valence-electron chi connectivity index (χ2n) is 5.94. The molecule has 0 saturated heterocycles. The number of carbonyl (C=O) groups excluding carboxylic acids is 1. The summed E-state index contributed by atoms with van der Waals surface area (Å²) >= 11 is 0. The van der Waals surface area contributed by atoms with Gasteiger partial charge in [-0.25, -0.2) is 0 Å². The van der Waals surface area contributed by atoms with Gasteiger partial charge in [0.05, 0.1) is 13.7 Å². The first-order valence-electron chi connectivity index (χ1n) is 7.18. The molecule has 2 aliphatic carbocycles. The number of rotatable bonds is 9. The molecule has 0 amide bonds. The van der Waals surface area contributed by atoms with Gasteiger partial charge in [-0.15, -0.1) is 0 Å². The molecule has 0 heterocycles. The van der Waals surface area contributed by atoms with Crippen LogP contribution in [0.1, 0.15) is 32.6 Å². The summed E-state index contributed by atoms with van der Waals surface area (Å²) < 4.78 is 10.2. The molecule has 0 spiro atoms. The lowest BCUT2D eigenvalue weighted by Crippen LogP contribution is -2.58. The van der Waals surface area contributed by atoms with Crippen molar-refractivity contribution in [2.45, 2.75) is 50.2 Å². The minimum absolute atomic E-state index is 0.164. The van der Waals surface area contributed by atoms with Crippen LogP contribution >= 0.6 is 0 Å². The van der Waals surface area contributed by atoms with E-state index in [1.165, 1.54) is 20.0 Å². The summed E-state index contributed by atoms with van der Waals surface area (Å²) in [6.07, 6.45) is 4.77. The summed E-state index contributed by atoms with van der Waals surface area (Å²) in [7, 11) is 3.18. The maximum Gasteiger partial charge on any atom is 0.327 e. The van der Waals surface area contributed by atoms with Gasteiger partial charge >= 0.3 is 5.97 Å². The summed E-state index contributed by atoms with van der Waals surface area (Å²) in [6.45, 7) is 4.24. The van der Waals surface area contributed by atoms with Gasteiger partial charge in [0.25, 0.3) is 0 Å². The molecule has 19 heavy (non-hydrogen) atoms. The minimum atomic E-state index is -0.605. The summed E-state index contributed by atoms with van der Waals surface area (Å²) in [6, 6.07) is 1.09.